The van der Waals surface area contributed by atoms with Crippen molar-refractivity contribution in [1.29, 1.82) is 0 Å². The molecule has 1 saturated heterocycles. The Morgan fingerprint density at radius 1 is 0.939 bits per heavy atom. The number of para-hydroxylation sites is 1. The van der Waals surface area contributed by atoms with E-state index in [1.807, 2.05) is 71.6 Å². The van der Waals surface area contributed by atoms with Crippen molar-refractivity contribution < 1.29 is 9.53 Å². The molecule has 7 nitrogen and oxygen atoms in total. The van der Waals surface area contributed by atoms with Crippen molar-refractivity contribution in [1.82, 2.24) is 24.4 Å². The highest BCUT2D eigenvalue weighted by Crippen LogP contribution is 2.30. The summed E-state index contributed by atoms with van der Waals surface area (Å²) in [6.07, 6.45) is 0. The van der Waals surface area contributed by atoms with Crippen LogP contribution in [0, 0.1) is 0 Å². The topological polar surface area (TPSA) is 63.0 Å². The summed E-state index contributed by atoms with van der Waals surface area (Å²) in [5, 5.41) is 4.77. The predicted octanol–water partition coefficient (Wildman–Crippen LogP) is 3.85. The van der Waals surface area contributed by atoms with Crippen molar-refractivity contribution in [2.75, 3.05) is 39.8 Å². The Morgan fingerprint density at radius 3 is 2.39 bits per heavy atom. The average molecular weight is 442 g/mol. The minimum absolute atomic E-state index is 0.0305. The number of nitrogens with zero attached hydrogens (tertiary/aromatic N) is 5. The number of rotatable bonds is 5. The summed E-state index contributed by atoms with van der Waals surface area (Å²) < 4.78 is 7.24. The van der Waals surface area contributed by atoms with Gasteiger partial charge in [0.2, 0.25) is 0 Å². The second kappa shape index (κ2) is 9.03. The van der Waals surface area contributed by atoms with Crippen LogP contribution >= 0.6 is 0 Å². The van der Waals surface area contributed by atoms with Gasteiger partial charge >= 0.3 is 0 Å². The van der Waals surface area contributed by atoms with E-state index in [-0.39, 0.29) is 5.91 Å². The standard InChI is InChI=1S/C26H27N5O2/c1-3-29-13-15-30(16-14-29)26(32)23-17-22(20-11-7-8-12-24(20)33-2)27-25-18-21(28-31(23)25)19-9-5-4-6-10-19/h4-12,17-18H,3,13-16H2,1-2H3. The average Bonchev–Trinajstić information content (AvgIpc) is 3.32. The van der Waals surface area contributed by atoms with E-state index >= 15 is 0 Å². The fraction of sp³-hybridized carbons (Fsp3) is 0.269. The Bertz CT molecular complexity index is 1280. The molecule has 0 atom stereocenters. The van der Waals surface area contributed by atoms with E-state index in [4.69, 9.17) is 14.8 Å². The lowest BCUT2D eigenvalue weighted by atomic mass is 10.1. The van der Waals surface area contributed by atoms with Gasteiger partial charge in [-0.25, -0.2) is 9.50 Å². The zero-order valence-electron chi connectivity index (χ0n) is 18.9. The molecule has 33 heavy (non-hydrogen) atoms. The van der Waals surface area contributed by atoms with E-state index in [1.54, 1.807) is 11.6 Å². The van der Waals surface area contributed by atoms with E-state index in [2.05, 4.69) is 11.8 Å². The largest absolute Gasteiger partial charge is 0.496 e. The summed E-state index contributed by atoms with van der Waals surface area (Å²) in [4.78, 5) is 22.8. The Hall–Kier alpha value is -3.71. The quantitative estimate of drug-likeness (QED) is 0.471. The molecule has 1 aliphatic rings. The van der Waals surface area contributed by atoms with Gasteiger partial charge in [0, 0.05) is 43.4 Å². The number of amides is 1. The number of benzene rings is 2. The van der Waals surface area contributed by atoms with Gasteiger partial charge in [-0.1, -0.05) is 49.4 Å². The first-order valence-corrected chi connectivity index (χ1v) is 11.3. The second-order valence-corrected chi connectivity index (χ2v) is 8.12. The maximum Gasteiger partial charge on any atom is 0.272 e. The summed E-state index contributed by atoms with van der Waals surface area (Å²) in [6.45, 7) is 6.31. The van der Waals surface area contributed by atoms with Crippen molar-refractivity contribution in [2.24, 2.45) is 0 Å². The molecule has 7 heteroatoms. The number of piperazine rings is 1. The van der Waals surface area contributed by atoms with Gasteiger partial charge < -0.3 is 14.5 Å². The molecule has 1 aliphatic heterocycles. The summed E-state index contributed by atoms with van der Waals surface area (Å²) in [7, 11) is 1.64. The summed E-state index contributed by atoms with van der Waals surface area (Å²) in [5.74, 6) is 0.684. The van der Waals surface area contributed by atoms with Gasteiger partial charge in [-0.05, 0) is 24.7 Å². The minimum atomic E-state index is -0.0305. The lowest BCUT2D eigenvalue weighted by Crippen LogP contribution is -2.48. The first-order valence-electron chi connectivity index (χ1n) is 11.3. The Kier molecular flexibility index (Phi) is 5.79. The predicted molar refractivity (Wildman–Crippen MR) is 128 cm³/mol. The minimum Gasteiger partial charge on any atom is -0.496 e. The van der Waals surface area contributed by atoms with Crippen molar-refractivity contribution in [2.45, 2.75) is 6.92 Å². The van der Waals surface area contributed by atoms with Crippen molar-refractivity contribution in [3.05, 3.63) is 72.4 Å². The third-order valence-corrected chi connectivity index (χ3v) is 6.21. The fourth-order valence-electron chi connectivity index (χ4n) is 4.30. The lowest BCUT2D eigenvalue weighted by molar-refractivity contribution is 0.0634. The molecule has 168 valence electrons. The number of aromatic nitrogens is 3. The van der Waals surface area contributed by atoms with E-state index in [0.717, 1.165) is 36.5 Å². The zero-order chi connectivity index (χ0) is 22.8. The molecule has 0 aliphatic carbocycles. The SMILES string of the molecule is CCN1CCN(C(=O)c2cc(-c3ccccc3OC)nc3cc(-c4ccccc4)nn23)CC1. The van der Waals surface area contributed by atoms with Gasteiger partial charge in [0.25, 0.3) is 5.91 Å². The second-order valence-electron chi connectivity index (χ2n) is 8.12. The van der Waals surface area contributed by atoms with Crippen LogP contribution in [0.3, 0.4) is 0 Å². The summed E-state index contributed by atoms with van der Waals surface area (Å²) in [5.41, 5.74) is 4.44. The van der Waals surface area contributed by atoms with E-state index in [0.29, 0.717) is 35.9 Å². The molecule has 5 rings (SSSR count). The monoisotopic (exact) mass is 441 g/mol. The molecule has 0 radical (unpaired) electrons. The van der Waals surface area contributed by atoms with Gasteiger partial charge in [0.1, 0.15) is 11.4 Å². The first kappa shape index (κ1) is 21.2. The highest BCUT2D eigenvalue weighted by Gasteiger charge is 2.25. The number of ether oxygens (including phenoxy) is 1. The normalized spacial score (nSPS) is 14.5. The Morgan fingerprint density at radius 2 is 1.67 bits per heavy atom. The van der Waals surface area contributed by atoms with Crippen LogP contribution in [0.5, 0.6) is 5.75 Å². The Balaban J connectivity index is 1.63. The van der Waals surface area contributed by atoms with E-state index < -0.39 is 0 Å². The number of carbonyl (C=O) groups excluding carboxylic acids is 1. The lowest BCUT2D eigenvalue weighted by Gasteiger charge is -2.34. The van der Waals surface area contributed by atoms with Crippen LogP contribution in [0.2, 0.25) is 0 Å². The summed E-state index contributed by atoms with van der Waals surface area (Å²) in [6, 6.07) is 21.4. The van der Waals surface area contributed by atoms with E-state index in [1.165, 1.54) is 0 Å². The fourth-order valence-corrected chi connectivity index (χ4v) is 4.30. The first-order chi connectivity index (χ1) is 16.2. The van der Waals surface area contributed by atoms with Crippen LogP contribution in [0.15, 0.2) is 66.7 Å². The number of likely N-dealkylation sites (N-methyl/N-ethyl adjacent to an activating group) is 1. The number of carbonyl (C=O) groups is 1. The third-order valence-electron chi connectivity index (χ3n) is 6.21. The summed E-state index contributed by atoms with van der Waals surface area (Å²) >= 11 is 0. The maximum absolute atomic E-state index is 13.7. The number of fused-ring (bicyclic) bond motifs is 1. The molecular formula is C26H27N5O2. The number of hydrogen-bond donors (Lipinski definition) is 0. The van der Waals surface area contributed by atoms with Gasteiger partial charge in [0.05, 0.1) is 18.5 Å². The van der Waals surface area contributed by atoms with Crippen molar-refractivity contribution >= 4 is 11.6 Å². The molecule has 1 amide bonds. The maximum atomic E-state index is 13.7. The van der Waals surface area contributed by atoms with E-state index in [9.17, 15) is 4.79 Å². The van der Waals surface area contributed by atoms with Gasteiger partial charge in [0.15, 0.2) is 5.65 Å². The van der Waals surface area contributed by atoms with Crippen LogP contribution in [0.1, 0.15) is 17.4 Å². The molecule has 1 fully saturated rings. The van der Waals surface area contributed by atoms with Crippen LogP contribution in [0.4, 0.5) is 0 Å². The van der Waals surface area contributed by atoms with Gasteiger partial charge in [-0.3, -0.25) is 4.79 Å². The molecule has 0 bridgehead atoms. The van der Waals surface area contributed by atoms with Gasteiger partial charge in [-0.15, -0.1) is 0 Å². The number of methoxy groups -OCH3 is 1. The molecule has 3 heterocycles. The van der Waals surface area contributed by atoms with Crippen LogP contribution < -0.4 is 4.74 Å². The molecular weight excluding hydrogens is 414 g/mol. The van der Waals surface area contributed by atoms with Crippen LogP contribution in [0.25, 0.3) is 28.2 Å². The smallest absolute Gasteiger partial charge is 0.272 e. The zero-order valence-corrected chi connectivity index (χ0v) is 18.9. The highest BCUT2D eigenvalue weighted by molar-refractivity contribution is 5.94. The molecule has 0 unspecified atom stereocenters. The van der Waals surface area contributed by atoms with Crippen LogP contribution in [-0.2, 0) is 0 Å². The molecule has 2 aromatic carbocycles. The molecule has 0 N–H and O–H groups in total. The van der Waals surface area contributed by atoms with Gasteiger partial charge in [-0.2, -0.15) is 5.10 Å². The van der Waals surface area contributed by atoms with Crippen LogP contribution in [-0.4, -0.2) is 70.1 Å². The molecule has 0 saturated carbocycles. The Labute approximate surface area is 193 Å². The highest BCUT2D eigenvalue weighted by atomic mass is 16.5. The molecule has 0 spiro atoms. The number of hydrogen-bond acceptors (Lipinski definition) is 5. The van der Waals surface area contributed by atoms with Crippen molar-refractivity contribution in [3.8, 4) is 28.3 Å². The molecule has 4 aromatic rings. The van der Waals surface area contributed by atoms with Crippen molar-refractivity contribution in [3.63, 3.8) is 0 Å². The molecule has 2 aromatic heterocycles. The third kappa shape index (κ3) is 4.07.